The highest BCUT2D eigenvalue weighted by atomic mass is 32.1. The largest absolute Gasteiger partial charge is 0.469 e. The lowest BCUT2D eigenvalue weighted by molar-refractivity contribution is -0.191. The monoisotopic (exact) mass is 606 g/mol. The standard InChI is InChI=1S/C27H18N2O2S5.CO2/c1-3-15-10-23(19-6-4-17(13-28)32-19)35-26(15)21-8-9-22(34-21)27-16(12-25(30)31-2)11-24(36-27)20-7-5-18(14-29)33-20;2-1-3/h4-11H,3,12H2,1-2H3;. The zero-order chi connectivity index (χ0) is 27.9. The fourth-order valence-corrected chi connectivity index (χ4v) is 9.28. The van der Waals surface area contributed by atoms with Gasteiger partial charge >= 0.3 is 12.1 Å². The van der Waals surface area contributed by atoms with Gasteiger partial charge in [0.15, 0.2) is 0 Å². The second-order valence-corrected chi connectivity index (χ2v) is 13.2. The molecule has 39 heavy (non-hydrogen) atoms. The number of carbonyl (C=O) groups excluding carboxylic acids is 3. The molecule has 0 fully saturated rings. The molecule has 11 heteroatoms. The van der Waals surface area contributed by atoms with Crippen LogP contribution in [0.15, 0.2) is 48.5 Å². The van der Waals surface area contributed by atoms with Crippen LogP contribution < -0.4 is 0 Å². The molecule has 0 bridgehead atoms. The molecule has 0 aliphatic heterocycles. The minimum absolute atomic E-state index is 0.203. The number of ether oxygens (including phenoxy) is 1. The maximum atomic E-state index is 12.2. The lowest BCUT2D eigenvalue weighted by atomic mass is 10.1. The van der Waals surface area contributed by atoms with Crippen molar-refractivity contribution < 1.29 is 19.1 Å². The maximum absolute atomic E-state index is 12.2. The molecular formula is C28H18N2O4S5. The molecule has 0 saturated heterocycles. The fourth-order valence-electron chi connectivity index (χ4n) is 3.78. The highest BCUT2D eigenvalue weighted by molar-refractivity contribution is 7.30. The predicted molar refractivity (Wildman–Crippen MR) is 157 cm³/mol. The van der Waals surface area contributed by atoms with E-state index in [0.717, 1.165) is 41.2 Å². The third-order valence-corrected chi connectivity index (χ3v) is 11.7. The van der Waals surface area contributed by atoms with E-state index in [4.69, 9.17) is 14.3 Å². The van der Waals surface area contributed by atoms with E-state index in [1.165, 1.54) is 50.0 Å². The summed E-state index contributed by atoms with van der Waals surface area (Å²) in [5, 5.41) is 18.4. The summed E-state index contributed by atoms with van der Waals surface area (Å²) in [4.78, 5) is 38.8. The molecule has 5 heterocycles. The summed E-state index contributed by atoms with van der Waals surface area (Å²) < 4.78 is 4.95. The number of nitrogens with zero attached hydrogens (tertiary/aromatic N) is 2. The maximum Gasteiger partial charge on any atom is 0.373 e. The van der Waals surface area contributed by atoms with Gasteiger partial charge in [-0.3, -0.25) is 4.79 Å². The van der Waals surface area contributed by atoms with E-state index in [1.807, 2.05) is 30.3 Å². The smallest absolute Gasteiger partial charge is 0.373 e. The van der Waals surface area contributed by atoms with Crippen molar-refractivity contribution in [2.24, 2.45) is 0 Å². The first-order valence-corrected chi connectivity index (χ1v) is 15.5. The molecule has 0 unspecified atom stereocenters. The lowest BCUT2D eigenvalue weighted by Crippen LogP contribution is -2.04. The van der Waals surface area contributed by atoms with E-state index in [-0.39, 0.29) is 18.5 Å². The van der Waals surface area contributed by atoms with Gasteiger partial charge < -0.3 is 4.74 Å². The van der Waals surface area contributed by atoms with Crippen LogP contribution in [0, 0.1) is 22.7 Å². The second kappa shape index (κ2) is 12.9. The third-order valence-electron chi connectivity index (χ3n) is 5.53. The molecule has 0 aromatic carbocycles. The SMILES string of the molecule is CCc1cc(-c2ccc(C#N)s2)sc1-c1ccc(-c2sc(-c3ccc(C#N)s3)cc2CC(=O)OC)s1.O=C=O. The minimum Gasteiger partial charge on any atom is -0.469 e. The van der Waals surface area contributed by atoms with Crippen molar-refractivity contribution >= 4 is 68.8 Å². The molecule has 6 nitrogen and oxygen atoms in total. The van der Waals surface area contributed by atoms with Crippen LogP contribution in [0.2, 0.25) is 0 Å². The van der Waals surface area contributed by atoms with E-state index in [0.29, 0.717) is 4.88 Å². The van der Waals surface area contributed by atoms with Crippen molar-refractivity contribution in [1.29, 1.82) is 10.5 Å². The molecule has 0 radical (unpaired) electrons. The van der Waals surface area contributed by atoms with Gasteiger partial charge in [-0.1, -0.05) is 6.92 Å². The normalized spacial score (nSPS) is 10.2. The Balaban J connectivity index is 0.00000112. The number of thiophene rings is 5. The fraction of sp³-hybridized carbons (Fsp3) is 0.143. The molecule has 0 N–H and O–H groups in total. The summed E-state index contributed by atoms with van der Waals surface area (Å²) in [5.41, 5.74) is 2.23. The minimum atomic E-state index is -0.273. The van der Waals surface area contributed by atoms with Gasteiger partial charge in [0.05, 0.1) is 13.5 Å². The number of rotatable bonds is 7. The summed E-state index contributed by atoms with van der Waals surface area (Å²) in [5.74, 6) is -0.273. The summed E-state index contributed by atoms with van der Waals surface area (Å²) >= 11 is 8.11. The van der Waals surface area contributed by atoms with Crippen molar-refractivity contribution in [3.8, 4) is 51.2 Å². The van der Waals surface area contributed by atoms with Gasteiger partial charge in [-0.15, -0.1) is 56.7 Å². The van der Waals surface area contributed by atoms with Gasteiger partial charge in [0.1, 0.15) is 21.9 Å². The first-order valence-electron chi connectivity index (χ1n) is 11.4. The molecule has 0 aliphatic rings. The van der Waals surface area contributed by atoms with Gasteiger partial charge in [-0.05, 0) is 66.1 Å². The molecule has 5 aromatic heterocycles. The first kappa shape index (κ1) is 28.3. The Hall–Kier alpha value is -3.67. The predicted octanol–water partition coefficient (Wildman–Crippen LogP) is 8.10. The van der Waals surface area contributed by atoms with E-state index >= 15 is 0 Å². The van der Waals surface area contributed by atoms with Gasteiger partial charge in [0.2, 0.25) is 0 Å². The highest BCUT2D eigenvalue weighted by Gasteiger charge is 2.20. The van der Waals surface area contributed by atoms with Crippen molar-refractivity contribution in [2.45, 2.75) is 19.8 Å². The number of hydrogen-bond acceptors (Lipinski definition) is 11. The van der Waals surface area contributed by atoms with Crippen LogP contribution in [-0.2, 0) is 32.0 Å². The van der Waals surface area contributed by atoms with E-state index in [9.17, 15) is 15.3 Å². The first-order chi connectivity index (χ1) is 18.9. The van der Waals surface area contributed by atoms with Gasteiger partial charge in [0, 0.05) is 39.0 Å². The molecule has 0 aliphatic carbocycles. The zero-order valence-electron chi connectivity index (χ0n) is 20.6. The number of carbonyl (C=O) groups is 1. The van der Waals surface area contributed by atoms with Gasteiger partial charge in [-0.25, -0.2) is 0 Å². The highest BCUT2D eigenvalue weighted by Crippen LogP contribution is 2.47. The van der Waals surface area contributed by atoms with Crippen LogP contribution in [0.3, 0.4) is 0 Å². The Bertz CT molecular complexity index is 1750. The average molecular weight is 607 g/mol. The molecule has 0 amide bonds. The van der Waals surface area contributed by atoms with E-state index < -0.39 is 0 Å². The molecular weight excluding hydrogens is 589 g/mol. The second-order valence-electron chi connectivity index (χ2n) is 7.84. The Morgan fingerprint density at radius 1 is 0.718 bits per heavy atom. The summed E-state index contributed by atoms with van der Waals surface area (Å²) in [7, 11) is 1.41. The summed E-state index contributed by atoms with van der Waals surface area (Å²) in [6.07, 6.45) is 1.38. The Morgan fingerprint density at radius 3 is 1.62 bits per heavy atom. The zero-order valence-corrected chi connectivity index (χ0v) is 24.7. The van der Waals surface area contributed by atoms with Crippen LogP contribution in [0.4, 0.5) is 0 Å². The summed E-state index contributed by atoms with van der Waals surface area (Å²) in [6.45, 7) is 2.16. The number of aryl methyl sites for hydroxylation is 1. The van der Waals surface area contributed by atoms with Crippen molar-refractivity contribution in [1.82, 2.24) is 0 Å². The molecule has 194 valence electrons. The Morgan fingerprint density at radius 2 is 1.18 bits per heavy atom. The van der Waals surface area contributed by atoms with Crippen LogP contribution in [0.5, 0.6) is 0 Å². The van der Waals surface area contributed by atoms with Gasteiger partial charge in [-0.2, -0.15) is 20.1 Å². The number of esters is 1. The van der Waals surface area contributed by atoms with Crippen molar-refractivity contribution in [3.05, 3.63) is 69.4 Å². The van der Waals surface area contributed by atoms with Crippen LogP contribution in [0.1, 0.15) is 27.8 Å². The molecule has 5 aromatic rings. The molecule has 0 saturated carbocycles. The van der Waals surface area contributed by atoms with Crippen LogP contribution >= 0.6 is 56.7 Å². The average Bonchev–Trinajstić information content (AvgIpc) is 3.77. The van der Waals surface area contributed by atoms with Crippen molar-refractivity contribution in [3.63, 3.8) is 0 Å². The topological polar surface area (TPSA) is 108 Å². The third kappa shape index (κ3) is 6.32. The Labute approximate surface area is 244 Å². The molecule has 0 atom stereocenters. The van der Waals surface area contributed by atoms with E-state index in [2.05, 4.69) is 37.3 Å². The number of nitriles is 2. The number of methoxy groups -OCH3 is 1. The molecule has 5 rings (SSSR count). The Kier molecular flexibility index (Phi) is 9.39. The summed E-state index contributed by atoms with van der Waals surface area (Å²) in [6, 6.07) is 20.7. The number of hydrogen-bond donors (Lipinski definition) is 0. The quantitative estimate of drug-likeness (QED) is 0.173. The lowest BCUT2D eigenvalue weighted by Gasteiger charge is -2.01. The van der Waals surface area contributed by atoms with E-state index in [1.54, 1.807) is 34.0 Å². The van der Waals surface area contributed by atoms with Crippen LogP contribution in [-0.4, -0.2) is 19.2 Å². The molecule has 0 spiro atoms. The van der Waals surface area contributed by atoms with Gasteiger partial charge in [0.25, 0.3) is 0 Å². The van der Waals surface area contributed by atoms with Crippen molar-refractivity contribution in [2.75, 3.05) is 7.11 Å². The van der Waals surface area contributed by atoms with Crippen LogP contribution in [0.25, 0.3) is 39.0 Å².